The van der Waals surface area contributed by atoms with Crippen LogP contribution in [0.2, 0.25) is 0 Å². The highest BCUT2D eigenvalue weighted by Gasteiger charge is 2.25. The van der Waals surface area contributed by atoms with E-state index in [0.717, 1.165) is 60.5 Å². The highest BCUT2D eigenvalue weighted by molar-refractivity contribution is 14.1. The van der Waals surface area contributed by atoms with Crippen LogP contribution in [0.1, 0.15) is 41.9 Å². The molecule has 1 saturated carbocycles. The minimum absolute atomic E-state index is 0.258. The number of hydrogen-bond donors (Lipinski definition) is 3. The minimum atomic E-state index is -0.258. The molecule has 0 radical (unpaired) electrons. The predicted octanol–water partition coefficient (Wildman–Crippen LogP) is 3.48. The van der Waals surface area contributed by atoms with Crippen LogP contribution >= 0.6 is 22.6 Å². The second-order valence-electron chi connectivity index (χ2n) is 7.90. The van der Waals surface area contributed by atoms with Gasteiger partial charge in [0.1, 0.15) is 5.82 Å². The van der Waals surface area contributed by atoms with E-state index in [-0.39, 0.29) is 5.91 Å². The van der Waals surface area contributed by atoms with E-state index in [1.165, 1.54) is 0 Å². The third-order valence-corrected chi connectivity index (χ3v) is 6.20. The number of amides is 1. The van der Waals surface area contributed by atoms with E-state index in [2.05, 4.69) is 48.5 Å². The van der Waals surface area contributed by atoms with Crippen LogP contribution in [0, 0.1) is 0 Å². The second-order valence-corrected chi connectivity index (χ2v) is 8.66. The largest absolute Gasteiger partial charge is 0.381 e. The quantitative estimate of drug-likeness (QED) is 0.316. The Morgan fingerprint density at radius 3 is 2.71 bits per heavy atom. The molecule has 0 bridgehead atoms. The lowest BCUT2D eigenvalue weighted by molar-refractivity contribution is 0.0903. The fourth-order valence-corrected chi connectivity index (χ4v) is 4.04. The number of ether oxygens (including phenoxy) is 1. The normalized spacial score (nSPS) is 16.9. The molecule has 3 aromatic heterocycles. The average Bonchev–Trinajstić information content (AvgIpc) is 3.50. The molecule has 3 aromatic rings. The molecule has 9 nitrogen and oxygen atoms in total. The molecule has 1 aliphatic heterocycles. The Hall–Kier alpha value is -2.47. The summed E-state index contributed by atoms with van der Waals surface area (Å²) < 4.78 is 7.86. The number of imidazole rings is 1. The number of pyridine rings is 1. The summed E-state index contributed by atoms with van der Waals surface area (Å²) in [4.78, 5) is 21.8. The lowest BCUT2D eigenvalue weighted by Gasteiger charge is -2.24. The van der Waals surface area contributed by atoms with Crippen LogP contribution in [0.5, 0.6) is 0 Å². The zero-order valence-electron chi connectivity index (χ0n) is 17.0. The number of carbonyl (C=O) groups excluding carboxylic acids is 1. The highest BCUT2D eigenvalue weighted by Crippen LogP contribution is 2.29. The molecule has 162 valence electrons. The zero-order chi connectivity index (χ0) is 21.2. The van der Waals surface area contributed by atoms with Crippen molar-refractivity contribution in [2.75, 3.05) is 29.2 Å². The fraction of sp³-hybridized carbons (Fsp3) is 0.429. The van der Waals surface area contributed by atoms with Gasteiger partial charge in [0.15, 0.2) is 11.3 Å². The molecule has 0 spiro atoms. The molecule has 1 aliphatic carbocycles. The second kappa shape index (κ2) is 8.95. The first-order valence-electron chi connectivity index (χ1n) is 10.5. The van der Waals surface area contributed by atoms with Crippen molar-refractivity contribution in [3.63, 3.8) is 0 Å². The van der Waals surface area contributed by atoms with Crippen molar-refractivity contribution in [2.45, 2.75) is 42.2 Å². The molecule has 2 aliphatic rings. The third kappa shape index (κ3) is 4.74. The Labute approximate surface area is 193 Å². The van der Waals surface area contributed by atoms with Crippen LogP contribution < -0.4 is 16.0 Å². The van der Waals surface area contributed by atoms with Crippen molar-refractivity contribution < 1.29 is 9.53 Å². The maximum Gasteiger partial charge on any atom is 0.276 e. The Balaban J connectivity index is 1.45. The summed E-state index contributed by atoms with van der Waals surface area (Å²) in [6.07, 6.45) is 7.43. The van der Waals surface area contributed by atoms with E-state index in [4.69, 9.17) is 9.84 Å². The first-order valence-corrected chi connectivity index (χ1v) is 12.0. The first-order chi connectivity index (χ1) is 15.2. The molecular formula is C21H24IN7O2. The summed E-state index contributed by atoms with van der Waals surface area (Å²) in [7, 11) is 0. The highest BCUT2D eigenvalue weighted by atomic mass is 127. The van der Waals surface area contributed by atoms with E-state index in [0.29, 0.717) is 29.1 Å². The number of nitrogens with one attached hydrogen (secondary N) is 3. The van der Waals surface area contributed by atoms with Crippen LogP contribution in [0.15, 0.2) is 30.6 Å². The molecule has 0 atom stereocenters. The standard InChI is InChI=1S/C21H24IN7O2/c22-11-16-9-15(3-6-23-16)27-21(30)18-12-24-20-17(25-13-1-2-13)10-19(28-29(18)20)26-14-4-7-31-8-5-14/h3,6,9-10,12-14,25H,1-2,4-5,7-8,11H2,(H,26,28)(H,23,27,30). The zero-order valence-corrected chi connectivity index (χ0v) is 19.1. The van der Waals surface area contributed by atoms with Gasteiger partial charge in [0.2, 0.25) is 0 Å². The SMILES string of the molecule is O=C(Nc1ccnc(CI)c1)c1cnc2c(NC3CC3)cc(NC3CCOCC3)nn12. The molecule has 0 aromatic carbocycles. The Bertz CT molecular complexity index is 1090. The lowest BCUT2D eigenvalue weighted by Crippen LogP contribution is -2.28. The molecule has 31 heavy (non-hydrogen) atoms. The number of anilines is 3. The maximum atomic E-state index is 13.0. The summed E-state index contributed by atoms with van der Waals surface area (Å²) in [6, 6.07) is 6.41. The first kappa shape index (κ1) is 20.4. The Kier molecular flexibility index (Phi) is 5.90. The molecule has 1 saturated heterocycles. The van der Waals surface area contributed by atoms with Crippen LogP contribution in [-0.4, -0.2) is 50.8 Å². The fourth-order valence-electron chi connectivity index (χ4n) is 3.62. The van der Waals surface area contributed by atoms with Crippen LogP contribution in [-0.2, 0) is 9.16 Å². The summed E-state index contributed by atoms with van der Waals surface area (Å²) in [5.41, 5.74) is 3.54. The van der Waals surface area contributed by atoms with Crippen LogP contribution in [0.4, 0.5) is 17.2 Å². The van der Waals surface area contributed by atoms with Crippen LogP contribution in [0.3, 0.4) is 0 Å². The smallest absolute Gasteiger partial charge is 0.276 e. The molecule has 2 fully saturated rings. The summed E-state index contributed by atoms with van der Waals surface area (Å²) in [5, 5.41) is 14.7. The van der Waals surface area contributed by atoms with Gasteiger partial charge in [-0.3, -0.25) is 9.78 Å². The van der Waals surface area contributed by atoms with E-state index >= 15 is 0 Å². The number of nitrogens with zero attached hydrogens (tertiary/aromatic N) is 4. The van der Waals surface area contributed by atoms with Gasteiger partial charge in [-0.1, -0.05) is 22.6 Å². The van der Waals surface area contributed by atoms with E-state index in [9.17, 15) is 4.79 Å². The van der Waals surface area contributed by atoms with E-state index in [1.54, 1.807) is 23.0 Å². The van der Waals surface area contributed by atoms with Crippen molar-refractivity contribution in [1.82, 2.24) is 19.6 Å². The topological polar surface area (TPSA) is 105 Å². The number of halogens is 1. The maximum absolute atomic E-state index is 13.0. The minimum Gasteiger partial charge on any atom is -0.381 e. The predicted molar refractivity (Wildman–Crippen MR) is 127 cm³/mol. The van der Waals surface area contributed by atoms with Crippen molar-refractivity contribution in [1.29, 1.82) is 0 Å². The number of alkyl halides is 1. The van der Waals surface area contributed by atoms with Gasteiger partial charge in [0.25, 0.3) is 5.91 Å². The van der Waals surface area contributed by atoms with E-state index < -0.39 is 0 Å². The molecule has 1 amide bonds. The summed E-state index contributed by atoms with van der Waals surface area (Å²) in [6.45, 7) is 1.49. The molecular weight excluding hydrogens is 509 g/mol. The molecule has 3 N–H and O–H groups in total. The number of rotatable bonds is 7. The van der Waals surface area contributed by atoms with Gasteiger partial charge in [0, 0.05) is 47.7 Å². The van der Waals surface area contributed by atoms with Crippen molar-refractivity contribution in [2.24, 2.45) is 0 Å². The third-order valence-electron chi connectivity index (χ3n) is 5.42. The number of hydrogen-bond acceptors (Lipinski definition) is 7. The van der Waals surface area contributed by atoms with Gasteiger partial charge < -0.3 is 20.7 Å². The van der Waals surface area contributed by atoms with Crippen molar-refractivity contribution in [3.05, 3.63) is 42.0 Å². The summed E-state index contributed by atoms with van der Waals surface area (Å²) in [5.74, 6) is 0.469. The Morgan fingerprint density at radius 2 is 1.94 bits per heavy atom. The number of aromatic nitrogens is 4. The molecule has 0 unspecified atom stereocenters. The van der Waals surface area contributed by atoms with Crippen molar-refractivity contribution in [3.8, 4) is 0 Å². The summed E-state index contributed by atoms with van der Waals surface area (Å²) >= 11 is 2.25. The number of fused-ring (bicyclic) bond motifs is 1. The lowest BCUT2D eigenvalue weighted by atomic mass is 10.1. The van der Waals surface area contributed by atoms with Crippen LogP contribution in [0.25, 0.3) is 5.65 Å². The van der Waals surface area contributed by atoms with Gasteiger partial charge >= 0.3 is 0 Å². The van der Waals surface area contributed by atoms with Gasteiger partial charge in [0.05, 0.1) is 17.6 Å². The monoisotopic (exact) mass is 533 g/mol. The molecule has 10 heteroatoms. The van der Waals surface area contributed by atoms with E-state index in [1.807, 2.05) is 12.1 Å². The Morgan fingerprint density at radius 1 is 1.13 bits per heavy atom. The van der Waals surface area contributed by atoms with Gasteiger partial charge in [-0.05, 0) is 37.8 Å². The number of carbonyl (C=O) groups is 1. The van der Waals surface area contributed by atoms with Gasteiger partial charge in [-0.2, -0.15) is 0 Å². The van der Waals surface area contributed by atoms with Crippen molar-refractivity contribution >= 4 is 51.3 Å². The van der Waals surface area contributed by atoms with Gasteiger partial charge in [-0.15, -0.1) is 5.10 Å². The van der Waals surface area contributed by atoms with Gasteiger partial charge in [-0.25, -0.2) is 9.50 Å². The molecule has 5 rings (SSSR count). The molecule has 4 heterocycles. The average molecular weight is 533 g/mol.